The maximum absolute atomic E-state index is 12.7. The maximum atomic E-state index is 12.7. The molecule has 31 heavy (non-hydrogen) atoms. The SMILES string of the molecule is [C-]#[N+]c1cccc(CCC2(O)CCN(C(=O)Cc3ccc(-n4cnnn4)cc3)CC2)c1. The van der Waals surface area contributed by atoms with Crippen molar-refractivity contribution in [2.45, 2.75) is 37.7 Å². The van der Waals surface area contributed by atoms with E-state index in [9.17, 15) is 9.90 Å². The smallest absolute Gasteiger partial charge is 0.226 e. The van der Waals surface area contributed by atoms with Crippen LogP contribution in [0.1, 0.15) is 30.4 Å². The number of carbonyl (C=O) groups excluding carboxylic acids is 1. The van der Waals surface area contributed by atoms with E-state index in [-0.39, 0.29) is 5.91 Å². The summed E-state index contributed by atoms with van der Waals surface area (Å²) in [5.41, 5.74) is 2.69. The van der Waals surface area contributed by atoms with Gasteiger partial charge in [-0.05, 0) is 53.8 Å². The molecule has 8 nitrogen and oxygen atoms in total. The number of amides is 1. The Morgan fingerprint density at radius 2 is 1.90 bits per heavy atom. The normalized spacial score (nSPS) is 15.4. The van der Waals surface area contributed by atoms with Crippen molar-refractivity contribution >= 4 is 11.6 Å². The number of aliphatic hydroxyl groups is 1. The Kier molecular flexibility index (Phi) is 6.05. The minimum atomic E-state index is -0.766. The van der Waals surface area contributed by atoms with Crippen molar-refractivity contribution in [1.29, 1.82) is 0 Å². The molecule has 158 valence electrons. The fraction of sp³-hybridized carbons (Fsp3) is 0.348. The molecule has 0 spiro atoms. The van der Waals surface area contributed by atoms with Crippen LogP contribution in [0.15, 0.2) is 54.9 Å². The minimum Gasteiger partial charge on any atom is -0.390 e. The zero-order valence-electron chi connectivity index (χ0n) is 17.2. The molecule has 1 saturated heterocycles. The van der Waals surface area contributed by atoms with Gasteiger partial charge in [-0.25, -0.2) is 9.53 Å². The second kappa shape index (κ2) is 9.06. The van der Waals surface area contributed by atoms with Gasteiger partial charge in [0.1, 0.15) is 6.33 Å². The van der Waals surface area contributed by atoms with Gasteiger partial charge >= 0.3 is 0 Å². The third-order valence-electron chi connectivity index (χ3n) is 5.87. The summed E-state index contributed by atoms with van der Waals surface area (Å²) < 4.78 is 1.56. The topological polar surface area (TPSA) is 88.5 Å². The summed E-state index contributed by atoms with van der Waals surface area (Å²) in [5.74, 6) is 0.0713. The van der Waals surface area contributed by atoms with Crippen molar-refractivity contribution in [1.82, 2.24) is 25.1 Å². The largest absolute Gasteiger partial charge is 0.390 e. The molecule has 1 N–H and O–H groups in total. The van der Waals surface area contributed by atoms with Crippen LogP contribution < -0.4 is 0 Å². The Bertz CT molecular complexity index is 1060. The zero-order chi connectivity index (χ0) is 21.7. The third kappa shape index (κ3) is 5.13. The lowest BCUT2D eigenvalue weighted by Gasteiger charge is -2.38. The molecule has 1 aliphatic rings. The molecule has 8 heteroatoms. The van der Waals surface area contributed by atoms with Crippen LogP contribution in [0.25, 0.3) is 10.5 Å². The van der Waals surface area contributed by atoms with Gasteiger partial charge < -0.3 is 10.0 Å². The predicted molar refractivity (Wildman–Crippen MR) is 115 cm³/mol. The second-order valence-corrected chi connectivity index (χ2v) is 7.98. The maximum Gasteiger partial charge on any atom is 0.226 e. The van der Waals surface area contributed by atoms with Gasteiger partial charge in [0.15, 0.2) is 5.69 Å². The van der Waals surface area contributed by atoms with E-state index in [2.05, 4.69) is 20.4 Å². The number of benzene rings is 2. The van der Waals surface area contributed by atoms with Gasteiger partial charge in [0.25, 0.3) is 0 Å². The lowest BCUT2D eigenvalue weighted by molar-refractivity contribution is -0.134. The summed E-state index contributed by atoms with van der Waals surface area (Å²) >= 11 is 0. The van der Waals surface area contributed by atoms with Gasteiger partial charge in [0, 0.05) is 13.1 Å². The van der Waals surface area contributed by atoms with Crippen LogP contribution in [0.2, 0.25) is 0 Å². The van der Waals surface area contributed by atoms with Gasteiger partial charge in [-0.1, -0.05) is 42.0 Å². The van der Waals surface area contributed by atoms with E-state index in [0.717, 1.165) is 23.2 Å². The fourth-order valence-electron chi connectivity index (χ4n) is 3.91. The molecule has 4 rings (SSSR count). The first kappa shape index (κ1) is 20.7. The summed E-state index contributed by atoms with van der Waals surface area (Å²) in [6, 6.07) is 15.1. The summed E-state index contributed by atoms with van der Waals surface area (Å²) in [5, 5.41) is 22.0. The molecule has 1 amide bonds. The first-order valence-electron chi connectivity index (χ1n) is 10.3. The molecule has 2 aromatic carbocycles. The molecule has 0 atom stereocenters. The highest BCUT2D eigenvalue weighted by molar-refractivity contribution is 5.79. The molecule has 0 unspecified atom stereocenters. The average Bonchev–Trinajstić information content (AvgIpc) is 3.34. The molecule has 3 aromatic rings. The predicted octanol–water partition coefficient (Wildman–Crippen LogP) is 2.74. The second-order valence-electron chi connectivity index (χ2n) is 7.98. The highest BCUT2D eigenvalue weighted by Crippen LogP contribution is 2.28. The van der Waals surface area contributed by atoms with Crippen molar-refractivity contribution in [2.24, 2.45) is 0 Å². The number of likely N-dealkylation sites (tertiary alicyclic amines) is 1. The number of aryl methyl sites for hydroxylation is 1. The van der Waals surface area contributed by atoms with Crippen molar-refractivity contribution in [3.8, 4) is 5.69 Å². The number of rotatable bonds is 6. The lowest BCUT2D eigenvalue weighted by atomic mass is 9.85. The Morgan fingerprint density at radius 1 is 1.13 bits per heavy atom. The number of hydrogen-bond donors (Lipinski definition) is 1. The molecule has 2 heterocycles. The minimum absolute atomic E-state index is 0.0713. The monoisotopic (exact) mass is 416 g/mol. The molecule has 0 radical (unpaired) electrons. The van der Waals surface area contributed by atoms with Crippen molar-refractivity contribution in [2.75, 3.05) is 13.1 Å². The van der Waals surface area contributed by atoms with E-state index in [1.54, 1.807) is 10.7 Å². The standard InChI is InChI=1S/C23H24N6O2/c1-24-20-4-2-3-18(15-20)9-10-23(31)11-13-28(14-12-23)22(30)16-19-5-7-21(8-6-19)29-17-25-26-27-29/h2-8,15,17,31H,9-14,16H2. The Hall–Kier alpha value is -3.57. The quantitative estimate of drug-likeness (QED) is 0.624. The van der Waals surface area contributed by atoms with Gasteiger partial charge in [0.2, 0.25) is 5.91 Å². The average molecular weight is 416 g/mol. The van der Waals surface area contributed by atoms with Crippen LogP contribution in [-0.4, -0.2) is 54.8 Å². The number of nitrogens with zero attached hydrogens (tertiary/aromatic N) is 6. The van der Waals surface area contributed by atoms with E-state index in [4.69, 9.17) is 6.57 Å². The molecule has 0 saturated carbocycles. The highest BCUT2D eigenvalue weighted by atomic mass is 16.3. The lowest BCUT2D eigenvalue weighted by Crippen LogP contribution is -2.47. The van der Waals surface area contributed by atoms with E-state index >= 15 is 0 Å². The molecular formula is C23H24N6O2. The zero-order valence-corrected chi connectivity index (χ0v) is 17.2. The van der Waals surface area contributed by atoms with Crippen LogP contribution in [0.4, 0.5) is 5.69 Å². The van der Waals surface area contributed by atoms with E-state index in [1.807, 2.05) is 47.4 Å². The van der Waals surface area contributed by atoms with Gasteiger partial charge in [-0.3, -0.25) is 4.79 Å². The number of carbonyl (C=O) groups is 1. The van der Waals surface area contributed by atoms with E-state index < -0.39 is 5.60 Å². The highest BCUT2D eigenvalue weighted by Gasteiger charge is 2.33. The molecule has 0 bridgehead atoms. The van der Waals surface area contributed by atoms with E-state index in [1.165, 1.54) is 6.33 Å². The summed E-state index contributed by atoms with van der Waals surface area (Å²) in [7, 11) is 0. The Morgan fingerprint density at radius 3 is 2.58 bits per heavy atom. The van der Waals surface area contributed by atoms with Crippen LogP contribution in [0.5, 0.6) is 0 Å². The van der Waals surface area contributed by atoms with Crippen LogP contribution >= 0.6 is 0 Å². The fourth-order valence-corrected chi connectivity index (χ4v) is 3.91. The molecule has 0 aliphatic carbocycles. The summed E-state index contributed by atoms with van der Waals surface area (Å²) in [4.78, 5) is 18.0. The van der Waals surface area contributed by atoms with Crippen LogP contribution in [0, 0.1) is 6.57 Å². The number of hydrogen-bond acceptors (Lipinski definition) is 5. The first-order valence-corrected chi connectivity index (χ1v) is 10.3. The molecule has 1 aromatic heterocycles. The van der Waals surface area contributed by atoms with Crippen molar-refractivity contribution in [3.05, 3.63) is 77.4 Å². The van der Waals surface area contributed by atoms with Crippen molar-refractivity contribution in [3.63, 3.8) is 0 Å². The van der Waals surface area contributed by atoms with Gasteiger partial charge in [0.05, 0.1) is 24.3 Å². The van der Waals surface area contributed by atoms with Crippen LogP contribution in [-0.2, 0) is 17.6 Å². The van der Waals surface area contributed by atoms with Crippen LogP contribution in [0.3, 0.4) is 0 Å². The van der Waals surface area contributed by atoms with Gasteiger partial charge in [-0.15, -0.1) is 5.10 Å². The third-order valence-corrected chi connectivity index (χ3v) is 5.87. The summed E-state index contributed by atoms with van der Waals surface area (Å²) in [6.07, 6.45) is 4.35. The number of aromatic nitrogens is 4. The van der Waals surface area contributed by atoms with Crippen molar-refractivity contribution < 1.29 is 9.90 Å². The molecular weight excluding hydrogens is 392 g/mol. The Labute approximate surface area is 180 Å². The first-order chi connectivity index (χ1) is 15.0. The summed E-state index contributed by atoms with van der Waals surface area (Å²) in [6.45, 7) is 8.23. The number of tetrazole rings is 1. The Balaban J connectivity index is 1.27. The van der Waals surface area contributed by atoms with E-state index in [0.29, 0.717) is 44.5 Å². The molecule has 1 fully saturated rings. The molecule has 1 aliphatic heterocycles. The number of piperidine rings is 1. The van der Waals surface area contributed by atoms with Gasteiger partial charge in [-0.2, -0.15) is 0 Å².